The van der Waals surface area contributed by atoms with Crippen molar-refractivity contribution >= 4 is 17.5 Å². The number of benzene rings is 1. The Kier molecular flexibility index (Phi) is 7.23. The lowest BCUT2D eigenvalue weighted by Gasteiger charge is -2.26. The molecular weight excluding hydrogens is 290 g/mol. The molecule has 2 amide bonds. The van der Waals surface area contributed by atoms with Crippen LogP contribution in [0.4, 0.5) is 5.69 Å². The first kappa shape index (κ1) is 19.2. The van der Waals surface area contributed by atoms with E-state index in [9.17, 15) is 9.59 Å². The van der Waals surface area contributed by atoms with Crippen molar-refractivity contribution < 1.29 is 9.59 Å². The van der Waals surface area contributed by atoms with Crippen molar-refractivity contribution in [1.29, 1.82) is 0 Å². The maximum Gasteiger partial charge on any atom is 0.241 e. The van der Waals surface area contributed by atoms with Crippen molar-refractivity contribution in [3.05, 3.63) is 28.8 Å². The van der Waals surface area contributed by atoms with Crippen LogP contribution in [0, 0.1) is 20.8 Å². The zero-order chi connectivity index (χ0) is 17.6. The molecule has 128 valence electrons. The van der Waals surface area contributed by atoms with Crippen LogP contribution in [-0.4, -0.2) is 42.4 Å². The number of aryl methyl sites for hydroxylation is 3. The van der Waals surface area contributed by atoms with Gasteiger partial charge in [0.25, 0.3) is 0 Å². The fourth-order valence-corrected chi connectivity index (χ4v) is 2.73. The number of likely N-dealkylation sites (N-methyl/N-ethyl adjacent to an activating group) is 2. The molecule has 1 rings (SSSR count). The molecule has 0 unspecified atom stereocenters. The van der Waals surface area contributed by atoms with Gasteiger partial charge in [0.05, 0.1) is 12.6 Å². The number of carbonyl (C=O) groups is 2. The molecule has 2 N–H and O–H groups in total. The molecule has 0 aliphatic heterocycles. The maximum atomic E-state index is 12.6. The Bertz CT molecular complexity index is 546. The third-order valence-corrected chi connectivity index (χ3v) is 3.98. The molecule has 5 heteroatoms. The predicted molar refractivity (Wildman–Crippen MR) is 94.7 cm³/mol. The number of amides is 2. The highest BCUT2D eigenvalue weighted by Gasteiger charge is 2.22. The van der Waals surface area contributed by atoms with Crippen LogP contribution in [0.1, 0.15) is 37.5 Å². The van der Waals surface area contributed by atoms with Crippen molar-refractivity contribution in [2.75, 3.05) is 25.0 Å². The summed E-state index contributed by atoms with van der Waals surface area (Å²) in [5.41, 5.74) is 4.14. The zero-order valence-electron chi connectivity index (χ0n) is 15.1. The Morgan fingerprint density at radius 3 is 2.17 bits per heavy atom. The predicted octanol–water partition coefficient (Wildman–Crippen LogP) is 2.40. The largest absolute Gasteiger partial charge is 0.355 e. The van der Waals surface area contributed by atoms with Gasteiger partial charge in [-0.15, -0.1) is 0 Å². The van der Waals surface area contributed by atoms with Crippen molar-refractivity contribution in [2.24, 2.45) is 0 Å². The summed E-state index contributed by atoms with van der Waals surface area (Å²) in [5.74, 6) is -0.150. The van der Waals surface area contributed by atoms with Crippen molar-refractivity contribution in [3.63, 3.8) is 0 Å². The van der Waals surface area contributed by atoms with E-state index < -0.39 is 0 Å². The van der Waals surface area contributed by atoms with Crippen LogP contribution >= 0.6 is 0 Å². The Balaban J connectivity index is 2.81. The van der Waals surface area contributed by atoms with E-state index in [1.807, 2.05) is 46.4 Å². The molecule has 0 radical (unpaired) electrons. The Morgan fingerprint density at radius 2 is 1.70 bits per heavy atom. The van der Waals surface area contributed by atoms with E-state index in [0.717, 1.165) is 16.8 Å². The van der Waals surface area contributed by atoms with Crippen molar-refractivity contribution in [2.45, 2.75) is 47.6 Å². The van der Waals surface area contributed by atoms with Gasteiger partial charge in [-0.25, -0.2) is 0 Å². The number of anilines is 1. The molecule has 0 spiro atoms. The van der Waals surface area contributed by atoms with Crippen molar-refractivity contribution in [1.82, 2.24) is 10.2 Å². The third-order valence-electron chi connectivity index (χ3n) is 3.98. The summed E-state index contributed by atoms with van der Waals surface area (Å²) in [6.07, 6.45) is 0. The molecule has 0 fully saturated rings. The Hall–Kier alpha value is -1.88. The molecule has 1 aromatic carbocycles. The highest BCUT2D eigenvalue weighted by molar-refractivity contribution is 5.96. The lowest BCUT2D eigenvalue weighted by molar-refractivity contribution is -0.125. The Labute approximate surface area is 139 Å². The van der Waals surface area contributed by atoms with E-state index in [-0.39, 0.29) is 24.4 Å². The average Bonchev–Trinajstić information content (AvgIpc) is 2.47. The highest BCUT2D eigenvalue weighted by atomic mass is 16.2. The van der Waals surface area contributed by atoms with Gasteiger partial charge in [-0.1, -0.05) is 24.6 Å². The van der Waals surface area contributed by atoms with Crippen LogP contribution in [0.15, 0.2) is 12.1 Å². The zero-order valence-corrected chi connectivity index (χ0v) is 15.1. The SMILES string of the molecule is CCNC(=O)CN(CC)[C@@H](C)C(=O)Nc1c(C)cc(C)cc1C. The molecule has 0 aromatic heterocycles. The summed E-state index contributed by atoms with van der Waals surface area (Å²) >= 11 is 0. The van der Waals surface area contributed by atoms with Gasteiger partial charge in [-0.05, 0) is 52.3 Å². The smallest absolute Gasteiger partial charge is 0.241 e. The second-order valence-electron chi connectivity index (χ2n) is 5.96. The van der Waals surface area contributed by atoms with Crippen molar-refractivity contribution in [3.8, 4) is 0 Å². The lowest BCUT2D eigenvalue weighted by Crippen LogP contribution is -2.47. The number of nitrogens with zero attached hydrogens (tertiary/aromatic N) is 1. The molecule has 0 saturated carbocycles. The quantitative estimate of drug-likeness (QED) is 0.811. The van der Waals surface area contributed by atoms with Gasteiger partial charge in [0.2, 0.25) is 11.8 Å². The second kappa shape index (κ2) is 8.67. The first-order valence-corrected chi connectivity index (χ1v) is 8.19. The summed E-state index contributed by atoms with van der Waals surface area (Å²) in [6, 6.07) is 3.74. The molecule has 1 atom stereocenters. The van der Waals surface area contributed by atoms with Crippen LogP contribution in [0.2, 0.25) is 0 Å². The van der Waals surface area contributed by atoms with Gasteiger partial charge >= 0.3 is 0 Å². The summed E-state index contributed by atoms with van der Waals surface area (Å²) in [7, 11) is 0. The summed E-state index contributed by atoms with van der Waals surface area (Å²) in [5, 5.41) is 5.78. The molecule has 0 aliphatic rings. The molecule has 0 saturated heterocycles. The third kappa shape index (κ3) is 5.36. The van der Waals surface area contributed by atoms with E-state index in [4.69, 9.17) is 0 Å². The van der Waals surface area contributed by atoms with Crippen LogP contribution < -0.4 is 10.6 Å². The number of nitrogens with one attached hydrogen (secondary N) is 2. The molecule has 1 aromatic rings. The normalized spacial score (nSPS) is 12.1. The minimum atomic E-state index is -0.372. The van der Waals surface area contributed by atoms with Gasteiger partial charge in [0.1, 0.15) is 0 Å². The fourth-order valence-electron chi connectivity index (χ4n) is 2.73. The minimum Gasteiger partial charge on any atom is -0.355 e. The second-order valence-corrected chi connectivity index (χ2v) is 5.96. The first-order valence-electron chi connectivity index (χ1n) is 8.19. The average molecular weight is 319 g/mol. The number of carbonyl (C=O) groups excluding carboxylic acids is 2. The van der Waals surface area contributed by atoms with E-state index in [1.54, 1.807) is 0 Å². The number of hydrogen-bond acceptors (Lipinski definition) is 3. The first-order chi connectivity index (χ1) is 10.8. The number of hydrogen-bond donors (Lipinski definition) is 2. The van der Waals surface area contributed by atoms with E-state index in [1.165, 1.54) is 5.56 Å². The van der Waals surface area contributed by atoms with Crippen LogP contribution in [0.5, 0.6) is 0 Å². The topological polar surface area (TPSA) is 61.4 Å². The van der Waals surface area contributed by atoms with E-state index >= 15 is 0 Å². The molecule has 5 nitrogen and oxygen atoms in total. The van der Waals surface area contributed by atoms with Crippen LogP contribution in [0.25, 0.3) is 0 Å². The fraction of sp³-hybridized carbons (Fsp3) is 0.556. The van der Waals surface area contributed by atoms with Gasteiger partial charge in [0, 0.05) is 12.2 Å². The maximum absolute atomic E-state index is 12.6. The summed E-state index contributed by atoms with van der Waals surface area (Å²) in [4.78, 5) is 26.2. The highest BCUT2D eigenvalue weighted by Crippen LogP contribution is 2.22. The molecule has 23 heavy (non-hydrogen) atoms. The van der Waals surface area contributed by atoms with Gasteiger partial charge in [-0.2, -0.15) is 0 Å². The van der Waals surface area contributed by atoms with Gasteiger partial charge in [0.15, 0.2) is 0 Å². The molecule has 0 aliphatic carbocycles. The minimum absolute atomic E-state index is 0.0586. The summed E-state index contributed by atoms with van der Waals surface area (Å²) < 4.78 is 0. The van der Waals surface area contributed by atoms with Crippen LogP contribution in [0.3, 0.4) is 0 Å². The standard InChI is InChI=1S/C18H29N3O2/c1-7-19-16(22)11-21(8-2)15(6)18(23)20-17-13(4)9-12(3)10-14(17)5/h9-10,15H,7-8,11H2,1-6H3,(H,19,22)(H,20,23)/t15-/m0/s1. The van der Waals surface area contributed by atoms with Crippen LogP contribution in [-0.2, 0) is 9.59 Å². The lowest BCUT2D eigenvalue weighted by atomic mass is 10.0. The molecule has 0 bridgehead atoms. The van der Waals surface area contributed by atoms with E-state index in [0.29, 0.717) is 13.1 Å². The van der Waals surface area contributed by atoms with Gasteiger partial charge < -0.3 is 10.6 Å². The molecular formula is C18H29N3O2. The number of rotatable bonds is 7. The molecule has 0 heterocycles. The monoisotopic (exact) mass is 319 g/mol. The summed E-state index contributed by atoms with van der Waals surface area (Å²) in [6.45, 7) is 13.1. The van der Waals surface area contributed by atoms with Gasteiger partial charge in [-0.3, -0.25) is 14.5 Å². The Morgan fingerprint density at radius 1 is 1.13 bits per heavy atom. The van der Waals surface area contributed by atoms with E-state index in [2.05, 4.69) is 22.8 Å².